The predicted molar refractivity (Wildman–Crippen MR) is 118 cm³/mol. The van der Waals surface area contributed by atoms with Crippen molar-refractivity contribution in [1.29, 1.82) is 0 Å². The van der Waals surface area contributed by atoms with E-state index in [0.29, 0.717) is 0 Å². The number of ether oxygens (including phenoxy) is 1. The lowest BCUT2D eigenvalue weighted by atomic mass is 10.1. The maximum Gasteiger partial charge on any atom is 0.534 e. The second-order valence-corrected chi connectivity index (χ2v) is 14.9. The van der Waals surface area contributed by atoms with Crippen LogP contribution in [-0.2, 0) is 19.3 Å². The molecule has 0 spiro atoms. The van der Waals surface area contributed by atoms with Crippen molar-refractivity contribution in [2.45, 2.75) is 44.4 Å². The lowest BCUT2D eigenvalue weighted by Crippen LogP contribution is -2.40. The second-order valence-electron chi connectivity index (χ2n) is 8.59. The quantitative estimate of drug-likeness (QED) is 0.183. The molecule has 0 atom stereocenters. The van der Waals surface area contributed by atoms with Crippen molar-refractivity contribution in [3.05, 3.63) is 42.4 Å². The van der Waals surface area contributed by atoms with Crippen LogP contribution in [0.25, 0.3) is 16.9 Å². The number of aromatic nitrogens is 2. The summed E-state index contributed by atoms with van der Waals surface area (Å²) in [5.41, 5.74) is -5.61. The van der Waals surface area contributed by atoms with Crippen LogP contribution in [0, 0.1) is 0 Å². The number of halogens is 3. The maximum atomic E-state index is 12.9. The summed E-state index contributed by atoms with van der Waals surface area (Å²) in [6.07, 6.45) is 1.07. The van der Waals surface area contributed by atoms with Gasteiger partial charge in [-0.25, -0.2) is 9.78 Å². The molecular formula is C20H25F3N2O6SSi. The number of carbonyl (C=O) groups excluding carboxylic acids is 1. The predicted octanol–water partition coefficient (Wildman–Crippen LogP) is 5.08. The summed E-state index contributed by atoms with van der Waals surface area (Å²) in [6, 6.07) is 3.93. The number of hydrogen-bond donors (Lipinski definition) is 1. The number of aromatic amines is 1. The Morgan fingerprint density at radius 3 is 2.30 bits per heavy atom. The van der Waals surface area contributed by atoms with Gasteiger partial charge in [0.2, 0.25) is 5.88 Å². The molecule has 0 unspecified atom stereocenters. The monoisotopic (exact) mass is 506 g/mol. The first-order chi connectivity index (χ1) is 14.9. The molecule has 0 aromatic carbocycles. The fourth-order valence-electron chi connectivity index (χ4n) is 2.43. The first-order valence-electron chi connectivity index (χ1n) is 9.57. The largest absolute Gasteiger partial charge is 0.542 e. The zero-order chi connectivity index (χ0) is 25.4. The average molecular weight is 507 g/mol. The summed E-state index contributed by atoms with van der Waals surface area (Å²) in [7, 11) is -7.24. The first-order valence-corrected chi connectivity index (χ1v) is 13.9. The van der Waals surface area contributed by atoms with Crippen molar-refractivity contribution in [2.75, 3.05) is 7.11 Å². The third kappa shape index (κ3) is 5.58. The molecule has 0 amide bonds. The highest BCUT2D eigenvalue weighted by Crippen LogP contribution is 2.42. The number of esters is 1. The molecule has 0 saturated heterocycles. The summed E-state index contributed by atoms with van der Waals surface area (Å²) in [6.45, 7) is 13.8. The average Bonchev–Trinajstić information content (AvgIpc) is 3.10. The summed E-state index contributed by atoms with van der Waals surface area (Å²) in [5.74, 6) is -1.48. The molecule has 33 heavy (non-hydrogen) atoms. The van der Waals surface area contributed by atoms with E-state index in [0.717, 1.165) is 13.3 Å². The van der Waals surface area contributed by atoms with E-state index in [1.807, 2.05) is 33.9 Å². The first kappa shape index (κ1) is 26.4. The number of H-pyrrole nitrogens is 1. The summed E-state index contributed by atoms with van der Waals surface area (Å²) in [4.78, 5) is 18.6. The van der Waals surface area contributed by atoms with Crippen LogP contribution in [0.5, 0.6) is 5.88 Å². The molecule has 2 rings (SSSR count). The summed E-state index contributed by atoms with van der Waals surface area (Å²) < 4.78 is 76.9. The number of carbonyl (C=O) groups is 1. The molecule has 2 aromatic rings. The number of nitrogens with one attached hydrogen (secondary N) is 1. The van der Waals surface area contributed by atoms with Crippen LogP contribution in [0.15, 0.2) is 31.0 Å². The Morgan fingerprint density at radius 1 is 1.18 bits per heavy atom. The van der Waals surface area contributed by atoms with Crippen molar-refractivity contribution in [1.82, 2.24) is 9.97 Å². The van der Waals surface area contributed by atoms with E-state index >= 15 is 0 Å². The van der Waals surface area contributed by atoms with Gasteiger partial charge in [0.25, 0.3) is 8.32 Å². The van der Waals surface area contributed by atoms with Crippen molar-refractivity contribution in [3.63, 3.8) is 0 Å². The van der Waals surface area contributed by atoms with Crippen LogP contribution in [0.2, 0.25) is 18.1 Å². The highest BCUT2D eigenvalue weighted by atomic mass is 32.2. The highest BCUT2D eigenvalue weighted by molar-refractivity contribution is 7.88. The minimum Gasteiger partial charge on any atom is -0.542 e. The summed E-state index contributed by atoms with van der Waals surface area (Å²) >= 11 is 0. The van der Waals surface area contributed by atoms with Gasteiger partial charge < -0.3 is 18.3 Å². The molecule has 1 N–H and O–H groups in total. The molecular weight excluding hydrogens is 481 g/mol. The Labute approximate surface area is 191 Å². The van der Waals surface area contributed by atoms with Crippen molar-refractivity contribution in [3.8, 4) is 17.0 Å². The topological polar surface area (TPSA) is 108 Å². The van der Waals surface area contributed by atoms with E-state index in [1.54, 1.807) is 0 Å². The number of rotatable bonds is 7. The third-order valence-corrected chi connectivity index (χ3v) is 10.5. The van der Waals surface area contributed by atoms with Gasteiger partial charge >= 0.3 is 21.6 Å². The molecule has 0 bridgehead atoms. The molecule has 0 radical (unpaired) electrons. The normalized spacial score (nSPS) is 12.9. The van der Waals surface area contributed by atoms with E-state index in [4.69, 9.17) is 9.16 Å². The van der Waals surface area contributed by atoms with Crippen LogP contribution in [0.1, 0.15) is 37.0 Å². The number of pyridine rings is 1. The van der Waals surface area contributed by atoms with Crippen molar-refractivity contribution < 1.29 is 39.7 Å². The lowest BCUT2D eigenvalue weighted by Gasteiger charge is -2.37. The fourth-order valence-corrected chi connectivity index (χ4v) is 3.89. The molecule has 0 aliphatic rings. The van der Waals surface area contributed by atoms with Gasteiger partial charge in [-0.05, 0) is 36.3 Å². The van der Waals surface area contributed by atoms with Gasteiger partial charge in [-0.2, -0.15) is 21.6 Å². The Balaban J connectivity index is 2.66. The van der Waals surface area contributed by atoms with Gasteiger partial charge in [-0.15, -0.1) is 0 Å². The van der Waals surface area contributed by atoms with E-state index < -0.39 is 35.8 Å². The van der Waals surface area contributed by atoms with Crippen LogP contribution in [-0.4, -0.2) is 45.3 Å². The highest BCUT2D eigenvalue weighted by Gasteiger charge is 2.49. The molecule has 2 aromatic heterocycles. The van der Waals surface area contributed by atoms with Gasteiger partial charge in [0.1, 0.15) is 11.5 Å². The molecule has 0 saturated carbocycles. The summed E-state index contributed by atoms with van der Waals surface area (Å²) in [5, 5.41) is -0.211. The molecule has 8 nitrogen and oxygen atoms in total. The fraction of sp³-hybridized carbons (Fsp3) is 0.400. The molecule has 13 heteroatoms. The third-order valence-electron chi connectivity index (χ3n) is 5.22. The Morgan fingerprint density at radius 2 is 1.79 bits per heavy atom. The Kier molecular flexibility index (Phi) is 7.10. The van der Waals surface area contributed by atoms with Crippen molar-refractivity contribution in [2.24, 2.45) is 0 Å². The number of nitrogens with zero attached hydrogens (tertiary/aromatic N) is 1. The molecule has 0 fully saturated rings. The van der Waals surface area contributed by atoms with E-state index in [-0.39, 0.29) is 33.3 Å². The van der Waals surface area contributed by atoms with Crippen molar-refractivity contribution >= 4 is 30.2 Å². The molecule has 0 aliphatic heterocycles. The van der Waals surface area contributed by atoms with Gasteiger partial charge in [0.15, 0.2) is 0 Å². The minimum absolute atomic E-state index is 0.0593. The second kappa shape index (κ2) is 8.86. The Hall–Kier alpha value is -2.80. The van der Waals surface area contributed by atoms with E-state index in [9.17, 15) is 26.4 Å². The van der Waals surface area contributed by atoms with Gasteiger partial charge in [0, 0.05) is 17.3 Å². The maximum absolute atomic E-state index is 12.9. The Bertz CT molecular complexity index is 1170. The molecule has 0 aliphatic carbocycles. The van der Waals surface area contributed by atoms with E-state index in [1.165, 1.54) is 18.2 Å². The van der Waals surface area contributed by atoms with Crippen LogP contribution in [0.3, 0.4) is 0 Å². The minimum atomic E-state index is -5.99. The lowest BCUT2D eigenvalue weighted by molar-refractivity contribution is -0.0501. The smallest absolute Gasteiger partial charge is 0.534 e. The van der Waals surface area contributed by atoms with Gasteiger partial charge in [0.05, 0.1) is 12.8 Å². The van der Waals surface area contributed by atoms with E-state index in [2.05, 4.69) is 20.7 Å². The number of alkyl halides is 3. The number of methoxy groups -OCH3 is 1. The van der Waals surface area contributed by atoms with Crippen LogP contribution in [0.4, 0.5) is 13.2 Å². The zero-order valence-electron chi connectivity index (χ0n) is 19.0. The standard InChI is InChI=1S/C20H25F3N2O6SSi/c1-12(31-33(6,7)19(2,3)4)16-14(11-15(25-16)18(26)29-5)13-9-8-10-24-17(13)30-32(27,28)20(21,22)23/h8-11,25H,1H2,2-7H3. The zero-order valence-corrected chi connectivity index (χ0v) is 20.8. The SMILES string of the molecule is C=C(O[Si](C)(C)C(C)(C)C)c1[nH]c(C(=O)OC)cc1-c1cccnc1OS(=O)(=O)C(F)(F)F. The molecule has 182 valence electrons. The van der Waals surface area contributed by atoms with Crippen LogP contribution < -0.4 is 4.18 Å². The number of hydrogen-bond acceptors (Lipinski definition) is 7. The van der Waals surface area contributed by atoms with Crippen LogP contribution >= 0.6 is 0 Å². The van der Waals surface area contributed by atoms with Gasteiger partial charge in [-0.3, -0.25) is 0 Å². The van der Waals surface area contributed by atoms with Gasteiger partial charge in [-0.1, -0.05) is 27.4 Å². The molecule has 2 heterocycles.